The summed E-state index contributed by atoms with van der Waals surface area (Å²) in [5.41, 5.74) is 3.23. The fourth-order valence-corrected chi connectivity index (χ4v) is 3.52. The van der Waals surface area contributed by atoms with Gasteiger partial charge < -0.3 is 4.90 Å². The quantitative estimate of drug-likeness (QED) is 0.656. The zero-order valence-corrected chi connectivity index (χ0v) is 14.8. The summed E-state index contributed by atoms with van der Waals surface area (Å²) in [4.78, 5) is 24.3. The Morgan fingerprint density at radius 3 is 2.92 bits per heavy atom. The Morgan fingerprint density at radius 1 is 1.23 bits per heavy atom. The van der Waals surface area contributed by atoms with Crippen molar-refractivity contribution in [3.05, 3.63) is 72.6 Å². The molecule has 4 heteroatoms. The lowest BCUT2D eigenvalue weighted by molar-refractivity contribution is 0.0746. The number of rotatable bonds is 4. The lowest BCUT2D eigenvalue weighted by Crippen LogP contribution is -2.36. The van der Waals surface area contributed by atoms with Gasteiger partial charge in [0.2, 0.25) is 0 Å². The molecule has 4 nitrogen and oxygen atoms in total. The molecule has 1 aromatic carbocycles. The molecule has 0 saturated carbocycles. The molecular formula is C22H21N3O. The summed E-state index contributed by atoms with van der Waals surface area (Å²) < 4.78 is 0. The van der Waals surface area contributed by atoms with E-state index >= 15 is 0 Å². The van der Waals surface area contributed by atoms with Crippen LogP contribution in [0.5, 0.6) is 0 Å². The fourth-order valence-electron chi connectivity index (χ4n) is 3.52. The summed E-state index contributed by atoms with van der Waals surface area (Å²) in [6.45, 7) is 2.82. The number of carbonyl (C=O) groups excluding carboxylic acids is 1. The molecule has 0 spiro atoms. The molecule has 1 atom stereocenters. The highest BCUT2D eigenvalue weighted by atomic mass is 16.2. The van der Waals surface area contributed by atoms with Crippen LogP contribution in [0.15, 0.2) is 67.0 Å². The van der Waals surface area contributed by atoms with E-state index in [2.05, 4.69) is 24.1 Å². The van der Waals surface area contributed by atoms with Crippen LogP contribution < -0.4 is 0 Å². The Labute approximate surface area is 153 Å². The minimum absolute atomic E-state index is 0.0668. The first-order valence-corrected chi connectivity index (χ1v) is 9.05. The zero-order chi connectivity index (χ0) is 17.9. The summed E-state index contributed by atoms with van der Waals surface area (Å²) in [7, 11) is 0. The summed E-state index contributed by atoms with van der Waals surface area (Å²) in [5, 5.41) is 0.896. The Kier molecular flexibility index (Phi) is 4.48. The molecule has 0 unspecified atom stereocenters. The third-order valence-electron chi connectivity index (χ3n) is 4.81. The molecule has 130 valence electrons. The number of pyridine rings is 2. The monoisotopic (exact) mass is 343 g/mol. The number of hydrogen-bond acceptors (Lipinski definition) is 3. The maximum Gasteiger partial charge on any atom is 0.255 e. The Balaban J connectivity index is 1.82. The van der Waals surface area contributed by atoms with Crippen LogP contribution in [0.2, 0.25) is 0 Å². The lowest BCUT2D eigenvalue weighted by atomic mass is 10.0. The van der Waals surface area contributed by atoms with E-state index in [1.807, 2.05) is 47.4 Å². The molecule has 0 saturated heterocycles. The smallest absolute Gasteiger partial charge is 0.255 e. The van der Waals surface area contributed by atoms with Crippen LogP contribution in [0, 0.1) is 0 Å². The average molecular weight is 343 g/mol. The molecule has 1 aliphatic heterocycles. The molecule has 4 rings (SSSR count). The van der Waals surface area contributed by atoms with Crippen molar-refractivity contribution in [3.8, 4) is 11.3 Å². The average Bonchev–Trinajstić information content (AvgIpc) is 3.16. The zero-order valence-electron chi connectivity index (χ0n) is 14.8. The Bertz CT molecular complexity index is 966. The number of amides is 1. The molecular weight excluding hydrogens is 322 g/mol. The van der Waals surface area contributed by atoms with E-state index in [1.54, 1.807) is 12.4 Å². The van der Waals surface area contributed by atoms with Crippen LogP contribution >= 0.6 is 0 Å². The molecule has 1 aliphatic rings. The standard InChI is InChI=1S/C22H21N3O/c1-2-7-17-9-6-13-25(17)22(26)19-14-21(16-8-5-12-23-15-16)24-20-11-4-3-10-18(19)20/h3-6,8-12,14-15,17H,2,7,13H2,1H3/t17-/m1/s1. The predicted molar refractivity (Wildman–Crippen MR) is 104 cm³/mol. The summed E-state index contributed by atoms with van der Waals surface area (Å²) in [5.74, 6) is 0.0668. The van der Waals surface area contributed by atoms with E-state index in [-0.39, 0.29) is 11.9 Å². The highest BCUT2D eigenvalue weighted by Crippen LogP contribution is 2.27. The van der Waals surface area contributed by atoms with E-state index in [0.29, 0.717) is 12.1 Å². The first-order valence-electron chi connectivity index (χ1n) is 9.05. The van der Waals surface area contributed by atoms with Gasteiger partial charge in [0.15, 0.2) is 0 Å². The SMILES string of the molecule is CCC[C@@H]1C=CCN1C(=O)c1cc(-c2cccnc2)nc2ccccc12. The molecule has 26 heavy (non-hydrogen) atoms. The Hall–Kier alpha value is -3.01. The highest BCUT2D eigenvalue weighted by Gasteiger charge is 2.26. The van der Waals surface area contributed by atoms with Crippen molar-refractivity contribution < 1.29 is 4.79 Å². The second-order valence-electron chi connectivity index (χ2n) is 6.56. The summed E-state index contributed by atoms with van der Waals surface area (Å²) >= 11 is 0. The fraction of sp³-hybridized carbons (Fsp3) is 0.227. The van der Waals surface area contributed by atoms with Crippen LogP contribution in [-0.4, -0.2) is 33.4 Å². The number of benzene rings is 1. The second-order valence-corrected chi connectivity index (χ2v) is 6.56. The van der Waals surface area contributed by atoms with Gasteiger partial charge in [-0.1, -0.05) is 43.7 Å². The van der Waals surface area contributed by atoms with Crippen molar-refractivity contribution in [1.82, 2.24) is 14.9 Å². The van der Waals surface area contributed by atoms with Crippen molar-refractivity contribution in [3.63, 3.8) is 0 Å². The number of hydrogen-bond donors (Lipinski definition) is 0. The molecule has 0 fully saturated rings. The molecule has 0 aliphatic carbocycles. The predicted octanol–water partition coefficient (Wildman–Crippen LogP) is 4.48. The van der Waals surface area contributed by atoms with Gasteiger partial charge in [-0.05, 0) is 30.7 Å². The van der Waals surface area contributed by atoms with Gasteiger partial charge in [-0.15, -0.1) is 0 Å². The van der Waals surface area contributed by atoms with Crippen molar-refractivity contribution in [1.29, 1.82) is 0 Å². The summed E-state index contributed by atoms with van der Waals surface area (Å²) in [6.07, 6.45) is 9.79. The number of para-hydroxylation sites is 1. The van der Waals surface area contributed by atoms with E-state index in [4.69, 9.17) is 4.98 Å². The second kappa shape index (κ2) is 7.08. The third-order valence-corrected chi connectivity index (χ3v) is 4.81. The van der Waals surface area contributed by atoms with Gasteiger partial charge in [0.1, 0.15) is 0 Å². The van der Waals surface area contributed by atoms with Crippen molar-refractivity contribution in [2.24, 2.45) is 0 Å². The molecule has 0 N–H and O–H groups in total. The summed E-state index contributed by atoms with van der Waals surface area (Å²) in [6, 6.07) is 13.8. The van der Waals surface area contributed by atoms with Crippen LogP contribution in [0.1, 0.15) is 30.1 Å². The van der Waals surface area contributed by atoms with Crippen LogP contribution in [-0.2, 0) is 0 Å². The Morgan fingerprint density at radius 2 is 2.12 bits per heavy atom. The highest BCUT2D eigenvalue weighted by molar-refractivity contribution is 6.07. The van der Waals surface area contributed by atoms with Crippen molar-refractivity contribution in [2.45, 2.75) is 25.8 Å². The lowest BCUT2D eigenvalue weighted by Gasteiger charge is -2.25. The number of carbonyl (C=O) groups is 1. The maximum absolute atomic E-state index is 13.4. The largest absolute Gasteiger partial charge is 0.328 e. The molecule has 0 bridgehead atoms. The van der Waals surface area contributed by atoms with E-state index in [0.717, 1.165) is 35.0 Å². The molecule has 1 amide bonds. The van der Waals surface area contributed by atoms with Crippen LogP contribution in [0.25, 0.3) is 22.2 Å². The van der Waals surface area contributed by atoms with Gasteiger partial charge >= 0.3 is 0 Å². The minimum Gasteiger partial charge on any atom is -0.328 e. The van der Waals surface area contributed by atoms with Gasteiger partial charge in [-0.3, -0.25) is 9.78 Å². The van der Waals surface area contributed by atoms with E-state index in [1.165, 1.54) is 0 Å². The number of aromatic nitrogens is 2. The third kappa shape index (κ3) is 2.99. The van der Waals surface area contributed by atoms with Gasteiger partial charge in [-0.25, -0.2) is 4.98 Å². The van der Waals surface area contributed by atoms with Gasteiger partial charge in [0, 0.05) is 29.9 Å². The normalized spacial score (nSPS) is 16.3. The topological polar surface area (TPSA) is 46.1 Å². The molecule has 2 aromatic heterocycles. The van der Waals surface area contributed by atoms with Crippen molar-refractivity contribution >= 4 is 16.8 Å². The number of fused-ring (bicyclic) bond motifs is 1. The van der Waals surface area contributed by atoms with E-state index in [9.17, 15) is 4.79 Å². The van der Waals surface area contributed by atoms with E-state index < -0.39 is 0 Å². The first-order chi connectivity index (χ1) is 12.8. The molecule has 3 aromatic rings. The van der Waals surface area contributed by atoms with Gasteiger partial charge in [-0.2, -0.15) is 0 Å². The van der Waals surface area contributed by atoms with Gasteiger partial charge in [0.25, 0.3) is 5.91 Å². The molecule has 3 heterocycles. The number of nitrogens with zero attached hydrogens (tertiary/aromatic N) is 3. The first kappa shape index (κ1) is 16.5. The van der Waals surface area contributed by atoms with Crippen molar-refractivity contribution in [2.75, 3.05) is 6.54 Å². The maximum atomic E-state index is 13.4. The molecule has 0 radical (unpaired) electrons. The van der Waals surface area contributed by atoms with Crippen LogP contribution in [0.4, 0.5) is 0 Å². The van der Waals surface area contributed by atoms with Crippen LogP contribution in [0.3, 0.4) is 0 Å². The van der Waals surface area contributed by atoms with Gasteiger partial charge in [0.05, 0.1) is 22.8 Å². The minimum atomic E-state index is 0.0668.